The molecule has 1 aromatic carbocycles. The number of alkyl halides is 3. The fourth-order valence-corrected chi connectivity index (χ4v) is 3.90. The molecule has 0 radical (unpaired) electrons. The van der Waals surface area contributed by atoms with Gasteiger partial charge in [-0.05, 0) is 49.1 Å². The molecule has 3 nitrogen and oxygen atoms in total. The van der Waals surface area contributed by atoms with E-state index in [4.69, 9.17) is 4.74 Å². The van der Waals surface area contributed by atoms with Gasteiger partial charge in [-0.15, -0.1) is 0 Å². The van der Waals surface area contributed by atoms with Crippen LogP contribution in [-0.4, -0.2) is 30.7 Å². The number of aryl methyl sites for hydroxylation is 1. The van der Waals surface area contributed by atoms with Crippen LogP contribution in [0.5, 0.6) is 0 Å². The van der Waals surface area contributed by atoms with Gasteiger partial charge in [0.2, 0.25) is 0 Å². The SMILES string of the molecule is CCC(CCc1cccc(C(F)(F)F)c1)OC(=O)N(C)CC1CCCCC1C. The third-order valence-corrected chi connectivity index (χ3v) is 5.84. The van der Waals surface area contributed by atoms with E-state index in [-0.39, 0.29) is 12.2 Å². The molecule has 1 amide bonds. The summed E-state index contributed by atoms with van der Waals surface area (Å²) < 4.78 is 44.1. The van der Waals surface area contributed by atoms with Gasteiger partial charge >= 0.3 is 12.3 Å². The number of hydrogen-bond acceptors (Lipinski definition) is 2. The second-order valence-electron chi connectivity index (χ2n) is 8.05. The third kappa shape index (κ3) is 6.71. The zero-order valence-corrected chi connectivity index (χ0v) is 17.1. The van der Waals surface area contributed by atoms with Crippen molar-refractivity contribution >= 4 is 6.09 Å². The molecule has 1 aromatic rings. The van der Waals surface area contributed by atoms with Gasteiger partial charge in [-0.25, -0.2) is 4.79 Å². The van der Waals surface area contributed by atoms with Gasteiger partial charge in [-0.1, -0.05) is 51.3 Å². The molecule has 2 rings (SSSR count). The summed E-state index contributed by atoms with van der Waals surface area (Å²) in [5, 5.41) is 0. The molecule has 0 aliphatic heterocycles. The predicted molar refractivity (Wildman–Crippen MR) is 104 cm³/mol. The molecule has 0 heterocycles. The Morgan fingerprint density at radius 2 is 2.00 bits per heavy atom. The number of hydrogen-bond donors (Lipinski definition) is 0. The quantitative estimate of drug-likeness (QED) is 0.538. The average molecular weight is 399 g/mol. The summed E-state index contributed by atoms with van der Waals surface area (Å²) in [5.41, 5.74) is -0.0370. The minimum absolute atomic E-state index is 0.298. The lowest BCUT2D eigenvalue weighted by Gasteiger charge is -2.32. The molecular formula is C22H32F3NO2. The van der Waals surface area contributed by atoms with Crippen LogP contribution in [0.3, 0.4) is 0 Å². The summed E-state index contributed by atoms with van der Waals surface area (Å²) >= 11 is 0. The van der Waals surface area contributed by atoms with Gasteiger partial charge in [0.1, 0.15) is 6.10 Å². The molecule has 28 heavy (non-hydrogen) atoms. The van der Waals surface area contributed by atoms with Crippen LogP contribution < -0.4 is 0 Å². The number of carbonyl (C=O) groups is 1. The lowest BCUT2D eigenvalue weighted by molar-refractivity contribution is -0.137. The first-order chi connectivity index (χ1) is 13.2. The van der Waals surface area contributed by atoms with Crippen molar-refractivity contribution in [1.82, 2.24) is 4.90 Å². The maximum absolute atomic E-state index is 12.8. The second kappa shape index (κ2) is 10.2. The molecule has 158 valence electrons. The summed E-state index contributed by atoms with van der Waals surface area (Å²) in [6, 6.07) is 5.35. The minimum atomic E-state index is -4.34. The van der Waals surface area contributed by atoms with E-state index < -0.39 is 11.7 Å². The molecule has 3 atom stereocenters. The zero-order valence-electron chi connectivity index (χ0n) is 17.1. The molecule has 0 saturated heterocycles. The van der Waals surface area contributed by atoms with E-state index >= 15 is 0 Å². The highest BCUT2D eigenvalue weighted by atomic mass is 19.4. The van der Waals surface area contributed by atoms with Crippen LogP contribution in [0.1, 0.15) is 63.5 Å². The van der Waals surface area contributed by atoms with Gasteiger partial charge < -0.3 is 9.64 Å². The Morgan fingerprint density at radius 1 is 1.29 bits per heavy atom. The summed E-state index contributed by atoms with van der Waals surface area (Å²) in [5.74, 6) is 1.13. The fraction of sp³-hybridized carbons (Fsp3) is 0.682. The first kappa shape index (κ1) is 22.6. The van der Waals surface area contributed by atoms with Gasteiger partial charge in [0.05, 0.1) is 5.56 Å². The number of amides is 1. The lowest BCUT2D eigenvalue weighted by atomic mass is 9.80. The van der Waals surface area contributed by atoms with Gasteiger partial charge in [0, 0.05) is 13.6 Å². The molecule has 1 saturated carbocycles. The van der Waals surface area contributed by atoms with Crippen LogP contribution >= 0.6 is 0 Å². The van der Waals surface area contributed by atoms with Gasteiger partial charge in [0.25, 0.3) is 0 Å². The van der Waals surface area contributed by atoms with E-state index in [1.165, 1.54) is 31.4 Å². The molecule has 1 aliphatic rings. The molecule has 3 unspecified atom stereocenters. The smallest absolute Gasteiger partial charge is 0.416 e. The number of ether oxygens (including phenoxy) is 1. The van der Waals surface area contributed by atoms with Gasteiger partial charge in [-0.3, -0.25) is 0 Å². The van der Waals surface area contributed by atoms with E-state index in [1.807, 2.05) is 6.92 Å². The van der Waals surface area contributed by atoms with E-state index in [9.17, 15) is 18.0 Å². The van der Waals surface area contributed by atoms with E-state index in [0.717, 1.165) is 12.5 Å². The van der Waals surface area contributed by atoms with Crippen molar-refractivity contribution in [2.24, 2.45) is 11.8 Å². The number of nitrogens with zero attached hydrogens (tertiary/aromatic N) is 1. The summed E-state index contributed by atoms with van der Waals surface area (Å²) in [6.07, 6.45) is 1.45. The highest BCUT2D eigenvalue weighted by molar-refractivity contribution is 5.67. The van der Waals surface area contributed by atoms with E-state index in [1.54, 1.807) is 18.0 Å². The largest absolute Gasteiger partial charge is 0.446 e. The zero-order chi connectivity index (χ0) is 20.7. The van der Waals surface area contributed by atoms with Crippen molar-refractivity contribution in [1.29, 1.82) is 0 Å². The molecule has 0 aromatic heterocycles. The van der Waals surface area contributed by atoms with Crippen LogP contribution in [-0.2, 0) is 17.3 Å². The molecule has 0 N–H and O–H groups in total. The first-order valence-corrected chi connectivity index (χ1v) is 10.3. The molecule has 1 aliphatic carbocycles. The Labute approximate surface area is 166 Å². The molecule has 0 spiro atoms. The van der Waals surface area contributed by atoms with Crippen molar-refractivity contribution in [2.75, 3.05) is 13.6 Å². The minimum Gasteiger partial charge on any atom is -0.446 e. The Kier molecular flexibility index (Phi) is 8.20. The Bertz CT molecular complexity index is 632. The van der Waals surface area contributed by atoms with E-state index in [0.29, 0.717) is 43.2 Å². The monoisotopic (exact) mass is 399 g/mol. The van der Waals surface area contributed by atoms with Gasteiger partial charge in [0.15, 0.2) is 0 Å². The van der Waals surface area contributed by atoms with Crippen LogP contribution in [0.2, 0.25) is 0 Å². The van der Waals surface area contributed by atoms with Crippen molar-refractivity contribution in [3.05, 3.63) is 35.4 Å². The number of halogens is 3. The molecule has 1 fully saturated rings. The van der Waals surface area contributed by atoms with Crippen molar-refractivity contribution in [3.63, 3.8) is 0 Å². The maximum atomic E-state index is 12.8. The van der Waals surface area contributed by atoms with E-state index in [2.05, 4.69) is 6.92 Å². The standard InChI is InChI=1S/C22H32F3NO2/c1-4-20(13-12-17-9-7-11-19(14-17)22(23,24)25)28-21(27)26(3)15-18-10-6-5-8-16(18)2/h7,9,11,14,16,18,20H,4-6,8,10,12-13,15H2,1-3H3. The van der Waals surface area contributed by atoms with Crippen LogP contribution in [0.15, 0.2) is 24.3 Å². The first-order valence-electron chi connectivity index (χ1n) is 10.3. The van der Waals surface area contributed by atoms with Crippen molar-refractivity contribution in [2.45, 2.75) is 71.1 Å². The van der Waals surface area contributed by atoms with Crippen LogP contribution in [0.25, 0.3) is 0 Å². The summed E-state index contributed by atoms with van der Waals surface area (Å²) in [4.78, 5) is 14.1. The van der Waals surface area contributed by atoms with Crippen molar-refractivity contribution < 1.29 is 22.7 Å². The maximum Gasteiger partial charge on any atom is 0.416 e. The second-order valence-corrected chi connectivity index (χ2v) is 8.05. The molecular weight excluding hydrogens is 367 g/mol. The third-order valence-electron chi connectivity index (χ3n) is 5.84. The Balaban J connectivity index is 1.85. The molecule has 0 bridgehead atoms. The highest BCUT2D eigenvalue weighted by Crippen LogP contribution is 2.31. The normalized spacial score (nSPS) is 21.2. The lowest BCUT2D eigenvalue weighted by Crippen LogP contribution is -2.37. The number of carbonyl (C=O) groups excluding carboxylic acids is 1. The van der Waals surface area contributed by atoms with Crippen LogP contribution in [0.4, 0.5) is 18.0 Å². The fourth-order valence-electron chi connectivity index (χ4n) is 3.90. The average Bonchev–Trinajstić information content (AvgIpc) is 2.66. The number of benzene rings is 1. The topological polar surface area (TPSA) is 29.5 Å². The predicted octanol–water partition coefficient (Wildman–Crippen LogP) is 6.31. The molecule has 6 heteroatoms. The van der Waals surface area contributed by atoms with Crippen LogP contribution in [0, 0.1) is 11.8 Å². The highest BCUT2D eigenvalue weighted by Gasteiger charge is 2.30. The summed E-state index contributed by atoms with van der Waals surface area (Å²) in [7, 11) is 1.77. The summed E-state index contributed by atoms with van der Waals surface area (Å²) in [6.45, 7) is 4.87. The number of rotatable bonds is 7. The Hall–Kier alpha value is -1.72. The van der Waals surface area contributed by atoms with Crippen molar-refractivity contribution in [3.8, 4) is 0 Å². The van der Waals surface area contributed by atoms with Gasteiger partial charge in [-0.2, -0.15) is 13.2 Å². The Morgan fingerprint density at radius 3 is 2.64 bits per heavy atom.